The van der Waals surface area contributed by atoms with Crippen LogP contribution in [0.5, 0.6) is 0 Å². The van der Waals surface area contributed by atoms with Crippen molar-refractivity contribution < 1.29 is 34.6 Å². The zero-order chi connectivity index (χ0) is 30.0. The minimum atomic E-state index is -3.08. The fourth-order valence-corrected chi connectivity index (χ4v) is 2.52. The van der Waals surface area contributed by atoms with E-state index in [4.69, 9.17) is 15.1 Å². The molecule has 1 heterocycles. The number of fused-ring (bicyclic) bond motifs is 1. The summed E-state index contributed by atoms with van der Waals surface area (Å²) >= 11 is 0. The van der Waals surface area contributed by atoms with Crippen LogP contribution in [0.3, 0.4) is 0 Å². The smallest absolute Gasteiger partial charge is 0.249 e. The quantitative estimate of drug-likeness (QED) is 0.782. The minimum absolute atomic E-state index is 0.262. The van der Waals surface area contributed by atoms with Gasteiger partial charge in [0.25, 0.3) is 0 Å². The molecule has 0 saturated heterocycles. The minimum Gasteiger partial charge on any atom is -0.385 e. The van der Waals surface area contributed by atoms with Gasteiger partial charge in [0.1, 0.15) is 12.1 Å². The Hall–Kier alpha value is -2.21. The van der Waals surface area contributed by atoms with Crippen molar-refractivity contribution in [3.8, 4) is 0 Å². The summed E-state index contributed by atoms with van der Waals surface area (Å²) in [6, 6.07) is -7.63. The number of amides is 2. The second-order valence-electron chi connectivity index (χ2n) is 6.47. The van der Waals surface area contributed by atoms with Crippen molar-refractivity contribution in [3.63, 3.8) is 0 Å². The number of benzene rings is 1. The van der Waals surface area contributed by atoms with Crippen molar-refractivity contribution >= 4 is 17.6 Å². The molecule has 1 aliphatic rings. The summed E-state index contributed by atoms with van der Waals surface area (Å²) in [5.41, 5.74) is -0.879. The summed E-state index contributed by atoms with van der Waals surface area (Å²) in [6.45, 7) is -0.111. The second-order valence-corrected chi connectivity index (χ2v) is 6.47. The van der Waals surface area contributed by atoms with Crippen molar-refractivity contribution in [2.45, 2.75) is 58.6 Å². The molecule has 6 heteroatoms. The molecule has 2 N–H and O–H groups in total. The summed E-state index contributed by atoms with van der Waals surface area (Å²) in [5, 5.41) is 12.2. The highest BCUT2D eigenvalue weighted by Crippen LogP contribution is 2.27. The van der Waals surface area contributed by atoms with Crippen LogP contribution in [0.2, 0.25) is 0 Å². The van der Waals surface area contributed by atoms with Crippen molar-refractivity contribution in [2.75, 3.05) is 7.05 Å². The van der Waals surface area contributed by atoms with Gasteiger partial charge in [0.05, 0.1) is 8.22 Å². The molecule has 5 atom stereocenters. The summed E-state index contributed by atoms with van der Waals surface area (Å²) in [4.78, 5) is 40.0. The number of Topliss-reactive ketones (excluding diaryl/α,β-unsaturated/α-hetero) is 1. The Kier molecular flexibility index (Phi) is 3.32. The number of likely N-dealkylation sites (N-methyl/N-ethyl adjacent to an activating group) is 1. The van der Waals surface area contributed by atoms with E-state index in [0.29, 0.717) is 0 Å². The molecule has 2 amide bonds. The molecule has 148 valence electrons. The van der Waals surface area contributed by atoms with Crippen LogP contribution in [-0.2, 0) is 20.8 Å². The standard InChI is InChI=1S/C21H30N2O4/c1-12(2)19(25)17(24)10-13(3)20(26)22-18-16-9-7-6-8-15(16)11-14(4)23(5)21(18)27/h6-9,12-14,18-19,25H,10-11H2,1-5H3,(H,22,26)/t13-,14?,18+,19+/m1/s1/i1D3,6D,7D,8D,9D,12D,13D,14D,18D/t12?,13-,14?,18+,19+. The Bertz CT molecular complexity index is 1180. The number of rotatable bonds is 6. The fraction of sp³-hybridized carbons (Fsp3) is 0.571. The van der Waals surface area contributed by atoms with Gasteiger partial charge in [-0.15, -0.1) is 0 Å². The monoisotopic (exact) mass is 385 g/mol. The topological polar surface area (TPSA) is 86.7 Å². The molecular weight excluding hydrogens is 344 g/mol. The van der Waals surface area contributed by atoms with Crippen LogP contribution in [0.25, 0.3) is 0 Å². The number of hydrogen-bond donors (Lipinski definition) is 2. The molecule has 0 aliphatic carbocycles. The van der Waals surface area contributed by atoms with E-state index in [1.54, 1.807) is 0 Å². The lowest BCUT2D eigenvalue weighted by molar-refractivity contribution is -0.138. The molecule has 0 aromatic heterocycles. The Morgan fingerprint density at radius 3 is 2.81 bits per heavy atom. The number of aliphatic hydroxyl groups is 1. The summed E-state index contributed by atoms with van der Waals surface area (Å²) in [7, 11) is 1.15. The molecule has 2 rings (SSSR count). The van der Waals surface area contributed by atoms with Gasteiger partial charge in [0, 0.05) is 32.2 Å². The van der Waals surface area contributed by atoms with E-state index in [9.17, 15) is 19.5 Å². The van der Waals surface area contributed by atoms with Crippen LogP contribution in [-0.4, -0.2) is 46.8 Å². The molecule has 1 aromatic rings. The number of nitrogens with one attached hydrogen (secondary N) is 1. The largest absolute Gasteiger partial charge is 0.385 e. The van der Waals surface area contributed by atoms with Crippen molar-refractivity contribution in [3.05, 3.63) is 35.3 Å². The van der Waals surface area contributed by atoms with E-state index in [-0.39, 0.29) is 5.56 Å². The van der Waals surface area contributed by atoms with Crippen molar-refractivity contribution in [2.24, 2.45) is 11.8 Å². The first-order valence-corrected chi connectivity index (χ1v) is 8.26. The molecule has 0 bridgehead atoms. The summed E-state index contributed by atoms with van der Waals surface area (Å²) in [6.07, 6.45) is -3.93. The van der Waals surface area contributed by atoms with Crippen LogP contribution in [0, 0.1) is 11.8 Å². The maximum absolute atomic E-state index is 13.4. The lowest BCUT2D eigenvalue weighted by atomic mass is 9.94. The molecule has 0 radical (unpaired) electrons. The van der Waals surface area contributed by atoms with Gasteiger partial charge in [-0.2, -0.15) is 0 Å². The number of carbonyl (C=O) groups excluding carboxylic acids is 3. The van der Waals surface area contributed by atoms with E-state index in [2.05, 4.69) is 0 Å². The number of carbonyl (C=O) groups is 3. The van der Waals surface area contributed by atoms with E-state index in [1.807, 2.05) is 5.32 Å². The highest BCUT2D eigenvalue weighted by Gasteiger charge is 2.34. The number of aliphatic hydroxyl groups excluding tert-OH is 1. The van der Waals surface area contributed by atoms with Crippen molar-refractivity contribution in [1.29, 1.82) is 0 Å². The zero-order valence-electron chi connectivity index (χ0n) is 26.6. The molecule has 1 aliphatic heterocycles. The van der Waals surface area contributed by atoms with Crippen LogP contribution < -0.4 is 5.32 Å². The van der Waals surface area contributed by atoms with Gasteiger partial charge in [-0.25, -0.2) is 0 Å². The number of ketones is 1. The fourth-order valence-electron chi connectivity index (χ4n) is 2.52. The first kappa shape index (κ1) is 10.4. The summed E-state index contributed by atoms with van der Waals surface area (Å²) < 4.78 is 88.4. The predicted molar refractivity (Wildman–Crippen MR) is 103 cm³/mol. The highest BCUT2D eigenvalue weighted by atomic mass is 16.3. The van der Waals surface area contributed by atoms with Crippen LogP contribution in [0.1, 0.15) is 66.3 Å². The molecule has 2 unspecified atom stereocenters. The first-order valence-electron chi connectivity index (χ1n) is 13.8. The average molecular weight is 386 g/mol. The van der Waals surface area contributed by atoms with Crippen LogP contribution in [0.15, 0.2) is 24.2 Å². The van der Waals surface area contributed by atoms with Gasteiger partial charge < -0.3 is 15.3 Å². The van der Waals surface area contributed by atoms with Gasteiger partial charge in [-0.05, 0) is 30.4 Å². The van der Waals surface area contributed by atoms with Gasteiger partial charge in [0.2, 0.25) is 11.8 Å². The third-order valence-electron chi connectivity index (χ3n) is 4.32. The van der Waals surface area contributed by atoms with Gasteiger partial charge in [-0.3, -0.25) is 14.4 Å². The molecular formula is C21H30N2O4. The molecule has 27 heavy (non-hydrogen) atoms. The normalized spacial score (nSPS) is 37.1. The number of nitrogens with zero attached hydrogens (tertiary/aromatic N) is 1. The molecule has 0 fully saturated rings. The SMILES string of the molecule is [2H]c1c([2H])c([2H])c2c(c1[2H])CC([2H])(C)N(C)C(=O)[C@@]2([2H])NC(=O)[C@]([2H])(C)CC(=O)[C@@H](O)C([2H])(C)C([2H])([2H])[2H]. The highest BCUT2D eigenvalue weighted by molar-refractivity contribution is 5.93. The second kappa shape index (κ2) is 8.65. The molecule has 1 aromatic carbocycles. The van der Waals surface area contributed by atoms with E-state index in [0.717, 1.165) is 25.8 Å². The molecule has 6 nitrogen and oxygen atoms in total. The predicted octanol–water partition coefficient (Wildman–Crippen LogP) is 1.86. The van der Waals surface area contributed by atoms with Crippen LogP contribution in [0.4, 0.5) is 0 Å². The first-order chi connectivity index (χ1) is 16.8. The lowest BCUT2D eigenvalue weighted by Crippen LogP contribution is -2.44. The lowest BCUT2D eigenvalue weighted by Gasteiger charge is -2.26. The Balaban J connectivity index is 2.59. The average Bonchev–Trinajstić information content (AvgIpc) is 2.82. The Morgan fingerprint density at radius 1 is 1.48 bits per heavy atom. The maximum Gasteiger partial charge on any atom is 0.249 e. The van der Waals surface area contributed by atoms with E-state index >= 15 is 0 Å². The summed E-state index contributed by atoms with van der Waals surface area (Å²) in [5.74, 6) is -9.17. The molecule has 0 saturated carbocycles. The van der Waals surface area contributed by atoms with E-state index < -0.39 is 97.0 Å². The van der Waals surface area contributed by atoms with Gasteiger partial charge in [0.15, 0.2) is 5.78 Å². The van der Waals surface area contributed by atoms with Crippen molar-refractivity contribution in [1.82, 2.24) is 10.2 Å². The Morgan fingerprint density at radius 2 is 2.15 bits per heavy atom. The third kappa shape index (κ3) is 4.75. The third-order valence-corrected chi connectivity index (χ3v) is 4.32. The molecule has 0 spiro atoms. The maximum atomic E-state index is 13.4. The van der Waals surface area contributed by atoms with Gasteiger partial charge in [-0.1, -0.05) is 44.9 Å². The zero-order valence-corrected chi connectivity index (χ0v) is 15.6. The van der Waals surface area contributed by atoms with Crippen LogP contribution >= 0.6 is 0 Å². The Labute approximate surface area is 176 Å². The van der Waals surface area contributed by atoms with Gasteiger partial charge >= 0.3 is 0 Å². The van der Waals surface area contributed by atoms with E-state index in [1.165, 1.54) is 6.92 Å². The number of hydrogen-bond acceptors (Lipinski definition) is 4.